The quantitative estimate of drug-likeness (QED) is 0.757. The molecule has 0 aliphatic rings. The molecule has 1 amide bonds. The Morgan fingerprint density at radius 3 is 2.75 bits per heavy atom. The summed E-state index contributed by atoms with van der Waals surface area (Å²) in [7, 11) is 0. The third-order valence-corrected chi connectivity index (χ3v) is 3.53. The van der Waals surface area contributed by atoms with Gasteiger partial charge in [-0.3, -0.25) is 4.79 Å². The second-order valence-corrected chi connectivity index (χ2v) is 5.88. The molecule has 0 bridgehead atoms. The van der Waals surface area contributed by atoms with Crippen LogP contribution in [0.4, 0.5) is 0 Å². The molecule has 1 aromatic carbocycles. The fraction of sp³-hybridized carbons (Fsp3) is 0.467. The van der Waals surface area contributed by atoms with Gasteiger partial charge in [-0.05, 0) is 24.6 Å². The fourth-order valence-corrected chi connectivity index (χ4v) is 1.53. The molecule has 0 heterocycles. The molecule has 0 aromatic heterocycles. The van der Waals surface area contributed by atoms with Crippen LogP contribution in [0.25, 0.3) is 0 Å². The van der Waals surface area contributed by atoms with Crippen LogP contribution in [0.15, 0.2) is 24.3 Å². The Morgan fingerprint density at radius 2 is 2.15 bits per heavy atom. The second-order valence-electron chi connectivity index (χ2n) is 5.44. The summed E-state index contributed by atoms with van der Waals surface area (Å²) in [5.41, 5.74) is 6.36. The normalized spacial score (nSPS) is 10.9. The Hall–Kier alpha value is -1.62. The molecule has 0 saturated heterocycles. The lowest BCUT2D eigenvalue weighted by Crippen LogP contribution is -2.41. The molecule has 5 heteroatoms. The number of benzene rings is 1. The lowest BCUT2D eigenvalue weighted by Gasteiger charge is -2.23. The molecule has 0 unspecified atom stereocenters. The monoisotopic (exact) mass is 294 g/mol. The lowest BCUT2D eigenvalue weighted by atomic mass is 9.93. The minimum absolute atomic E-state index is 0.0676. The molecular weight excluding hydrogens is 272 g/mol. The summed E-state index contributed by atoms with van der Waals surface area (Å²) >= 11 is 4.95. The third kappa shape index (κ3) is 5.57. The van der Waals surface area contributed by atoms with Gasteiger partial charge in [-0.25, -0.2) is 0 Å². The topological polar surface area (TPSA) is 64.3 Å². The van der Waals surface area contributed by atoms with Gasteiger partial charge in [0.05, 0.1) is 18.0 Å². The van der Waals surface area contributed by atoms with Crippen molar-refractivity contribution in [2.75, 3.05) is 13.2 Å². The van der Waals surface area contributed by atoms with Crippen molar-refractivity contribution in [3.63, 3.8) is 0 Å². The van der Waals surface area contributed by atoms with Gasteiger partial charge in [0.15, 0.2) is 0 Å². The minimum atomic E-state index is -0.373. The van der Waals surface area contributed by atoms with Gasteiger partial charge in [0.1, 0.15) is 5.75 Å². The van der Waals surface area contributed by atoms with Gasteiger partial charge in [-0.2, -0.15) is 0 Å². The standard InChI is InChI=1S/C15H22N2O2S/c1-11-5-4-6-12(9-11)19-8-7-13(18)17-10-15(2,3)14(16)20/h4-6,9H,7-8,10H2,1-3H3,(H2,16,20)(H,17,18). The van der Waals surface area contributed by atoms with E-state index < -0.39 is 0 Å². The Balaban J connectivity index is 2.29. The maximum atomic E-state index is 11.7. The van der Waals surface area contributed by atoms with Gasteiger partial charge in [-0.1, -0.05) is 38.2 Å². The molecule has 0 aliphatic heterocycles. The van der Waals surface area contributed by atoms with E-state index in [0.29, 0.717) is 24.6 Å². The number of amides is 1. The zero-order valence-corrected chi connectivity index (χ0v) is 13.0. The molecule has 0 radical (unpaired) electrons. The zero-order valence-electron chi connectivity index (χ0n) is 12.2. The summed E-state index contributed by atoms with van der Waals surface area (Å²) in [5, 5.41) is 2.82. The molecule has 0 spiro atoms. The first-order valence-electron chi connectivity index (χ1n) is 6.57. The number of thiocarbonyl (C=S) groups is 1. The van der Waals surface area contributed by atoms with Crippen LogP contribution in [0, 0.1) is 12.3 Å². The SMILES string of the molecule is Cc1cccc(OCCC(=O)NCC(C)(C)C(N)=S)c1. The van der Waals surface area contributed by atoms with Crippen molar-refractivity contribution in [1.29, 1.82) is 0 Å². The first-order valence-corrected chi connectivity index (χ1v) is 6.98. The van der Waals surface area contributed by atoms with E-state index in [2.05, 4.69) is 5.32 Å². The molecular formula is C15H22N2O2S. The first kappa shape index (κ1) is 16.4. The van der Waals surface area contributed by atoms with E-state index in [9.17, 15) is 4.79 Å². The summed E-state index contributed by atoms with van der Waals surface area (Å²) in [4.78, 5) is 12.1. The highest BCUT2D eigenvalue weighted by Gasteiger charge is 2.21. The van der Waals surface area contributed by atoms with Gasteiger partial charge in [-0.15, -0.1) is 0 Å². The average Bonchev–Trinajstić information content (AvgIpc) is 2.36. The third-order valence-electron chi connectivity index (χ3n) is 2.98. The first-order chi connectivity index (χ1) is 9.31. The molecule has 0 fully saturated rings. The number of rotatable bonds is 7. The summed E-state index contributed by atoms with van der Waals surface area (Å²) < 4.78 is 5.53. The Bertz CT molecular complexity index is 487. The van der Waals surface area contributed by atoms with E-state index in [1.54, 1.807) is 0 Å². The highest BCUT2D eigenvalue weighted by Crippen LogP contribution is 2.14. The molecule has 0 atom stereocenters. The van der Waals surface area contributed by atoms with E-state index in [1.807, 2.05) is 45.0 Å². The maximum absolute atomic E-state index is 11.7. The molecule has 1 aromatic rings. The van der Waals surface area contributed by atoms with Crippen LogP contribution in [0.3, 0.4) is 0 Å². The number of nitrogens with two attached hydrogens (primary N) is 1. The number of ether oxygens (including phenoxy) is 1. The van der Waals surface area contributed by atoms with Crippen molar-refractivity contribution in [2.45, 2.75) is 27.2 Å². The van der Waals surface area contributed by atoms with Gasteiger partial charge >= 0.3 is 0 Å². The smallest absolute Gasteiger partial charge is 0.223 e. The minimum Gasteiger partial charge on any atom is -0.493 e. The van der Waals surface area contributed by atoms with E-state index >= 15 is 0 Å². The van der Waals surface area contributed by atoms with Crippen LogP contribution >= 0.6 is 12.2 Å². The summed E-state index contributed by atoms with van der Waals surface area (Å²) in [6, 6.07) is 7.74. The van der Waals surface area contributed by atoms with Gasteiger partial charge in [0, 0.05) is 12.0 Å². The Labute approximate surface area is 125 Å². The highest BCUT2D eigenvalue weighted by molar-refractivity contribution is 7.80. The molecule has 0 aliphatic carbocycles. The summed E-state index contributed by atoms with van der Waals surface area (Å²) in [6.45, 7) is 6.59. The van der Waals surface area contributed by atoms with E-state index in [-0.39, 0.29) is 11.3 Å². The van der Waals surface area contributed by atoms with Crippen molar-refractivity contribution >= 4 is 23.1 Å². The van der Waals surface area contributed by atoms with Gasteiger partial charge in [0.25, 0.3) is 0 Å². The van der Waals surface area contributed by atoms with Crippen molar-refractivity contribution in [3.8, 4) is 5.75 Å². The predicted molar refractivity (Wildman–Crippen MR) is 84.9 cm³/mol. The van der Waals surface area contributed by atoms with Gasteiger partial charge in [0.2, 0.25) is 5.91 Å². The van der Waals surface area contributed by atoms with Crippen LogP contribution in [0.5, 0.6) is 5.75 Å². The average molecular weight is 294 g/mol. The van der Waals surface area contributed by atoms with E-state index in [1.165, 1.54) is 0 Å². The van der Waals surface area contributed by atoms with Crippen molar-refractivity contribution in [1.82, 2.24) is 5.32 Å². The number of nitrogens with one attached hydrogen (secondary N) is 1. The number of aryl methyl sites for hydroxylation is 1. The fourth-order valence-electron chi connectivity index (χ4n) is 1.46. The molecule has 110 valence electrons. The van der Waals surface area contributed by atoms with Crippen LogP contribution in [0.2, 0.25) is 0 Å². The van der Waals surface area contributed by atoms with Crippen molar-refractivity contribution < 1.29 is 9.53 Å². The Morgan fingerprint density at radius 1 is 1.45 bits per heavy atom. The van der Waals surface area contributed by atoms with Crippen LogP contribution < -0.4 is 15.8 Å². The molecule has 3 N–H and O–H groups in total. The zero-order chi connectivity index (χ0) is 15.2. The summed E-state index contributed by atoms with van der Waals surface area (Å²) in [6.07, 6.45) is 0.307. The maximum Gasteiger partial charge on any atom is 0.223 e. The number of carbonyl (C=O) groups excluding carboxylic acids is 1. The number of carbonyl (C=O) groups is 1. The predicted octanol–water partition coefficient (Wildman–Crippen LogP) is 2.19. The summed E-state index contributed by atoms with van der Waals surface area (Å²) in [5.74, 6) is 0.711. The molecule has 0 saturated carbocycles. The van der Waals surface area contributed by atoms with E-state index in [0.717, 1.165) is 11.3 Å². The molecule has 20 heavy (non-hydrogen) atoms. The van der Waals surface area contributed by atoms with Crippen molar-refractivity contribution in [3.05, 3.63) is 29.8 Å². The van der Waals surface area contributed by atoms with Crippen LogP contribution in [-0.2, 0) is 4.79 Å². The molecule has 1 rings (SSSR count). The van der Waals surface area contributed by atoms with Gasteiger partial charge < -0.3 is 15.8 Å². The lowest BCUT2D eigenvalue weighted by molar-refractivity contribution is -0.121. The second kappa shape index (κ2) is 7.24. The number of hydrogen-bond acceptors (Lipinski definition) is 3. The van der Waals surface area contributed by atoms with Crippen LogP contribution in [0.1, 0.15) is 25.8 Å². The largest absolute Gasteiger partial charge is 0.493 e. The van der Waals surface area contributed by atoms with Crippen molar-refractivity contribution in [2.24, 2.45) is 11.1 Å². The van der Waals surface area contributed by atoms with E-state index in [4.69, 9.17) is 22.7 Å². The molecule has 4 nitrogen and oxygen atoms in total. The number of hydrogen-bond donors (Lipinski definition) is 2. The Kier molecular flexibility index (Phi) is 5.95. The highest BCUT2D eigenvalue weighted by atomic mass is 32.1. The van der Waals surface area contributed by atoms with Crippen LogP contribution in [-0.4, -0.2) is 24.0 Å².